The number of hydrogen-bond donors (Lipinski definition) is 1. The zero-order valence-electron chi connectivity index (χ0n) is 16.8. The molecule has 0 atom stereocenters. The molecule has 1 saturated heterocycles. The van der Waals surface area contributed by atoms with Gasteiger partial charge >= 0.3 is 33.3 Å². The monoisotopic (exact) mass is 487 g/mol. The van der Waals surface area contributed by atoms with Crippen molar-refractivity contribution in [1.29, 1.82) is 0 Å². The number of pyridine rings is 3. The number of nitrogens with zero attached hydrogens (tertiary/aromatic N) is 5. The van der Waals surface area contributed by atoms with Gasteiger partial charge in [0.15, 0.2) is 0 Å². The number of piperazine rings is 1. The average molecular weight is 488 g/mol. The third-order valence-electron chi connectivity index (χ3n) is 5.06. The molecule has 0 aliphatic carbocycles. The normalized spacial score (nSPS) is 15.3. The van der Waals surface area contributed by atoms with Gasteiger partial charge in [-0.25, -0.2) is 4.98 Å². The summed E-state index contributed by atoms with van der Waals surface area (Å²) in [5.74, 6) is 0.157. The van der Waals surface area contributed by atoms with Gasteiger partial charge in [0.1, 0.15) is 5.75 Å². The Morgan fingerprint density at radius 3 is 2.17 bits per heavy atom. The van der Waals surface area contributed by atoms with Crippen molar-refractivity contribution in [2.75, 3.05) is 45.2 Å². The Hall–Kier alpha value is -1.89. The molecule has 0 amide bonds. The van der Waals surface area contributed by atoms with E-state index in [0.29, 0.717) is 11.4 Å². The van der Waals surface area contributed by atoms with Gasteiger partial charge in [-0.2, -0.15) is 0 Å². The van der Waals surface area contributed by atoms with E-state index < -0.39 is 0 Å². The summed E-state index contributed by atoms with van der Waals surface area (Å²) in [5, 5.41) is 10.2. The van der Waals surface area contributed by atoms with Crippen LogP contribution >= 0.6 is 20.2 Å². The van der Waals surface area contributed by atoms with Crippen molar-refractivity contribution in [3.05, 3.63) is 54.9 Å². The molecule has 159 valence electrons. The quantitative estimate of drug-likeness (QED) is 0.443. The Morgan fingerprint density at radius 2 is 1.53 bits per heavy atom. The number of aromatic hydroxyl groups is 1. The number of likely N-dealkylation sites (N-methyl/N-ethyl adjacent to an activating group) is 1. The van der Waals surface area contributed by atoms with Gasteiger partial charge < -0.3 is 14.5 Å². The van der Waals surface area contributed by atoms with Gasteiger partial charge in [0.2, 0.25) is 0 Å². The standard InChI is InChI=1S/C21H23N5O.2ClH.Mn/c1-26(2)11-9-25(10-12-26)16-6-8-23-19(13-16)21-15-17(27)14-20(24-21)18-5-3-4-7-22-18;;;/h3-8,13-15H,9-12H2,1-2H3;2*1H;/q;;;+2/p-1. The summed E-state index contributed by atoms with van der Waals surface area (Å²) in [6, 6.07) is 13.0. The predicted molar refractivity (Wildman–Crippen MR) is 118 cm³/mol. The fourth-order valence-electron chi connectivity index (χ4n) is 3.31. The van der Waals surface area contributed by atoms with Crippen LogP contribution in [0.3, 0.4) is 0 Å². The van der Waals surface area contributed by atoms with Crippen LogP contribution in [-0.2, 0) is 13.1 Å². The van der Waals surface area contributed by atoms with Crippen LogP contribution in [0.15, 0.2) is 54.9 Å². The molecule has 1 N–H and O–H groups in total. The van der Waals surface area contributed by atoms with Crippen LogP contribution < -0.4 is 4.90 Å². The van der Waals surface area contributed by atoms with Crippen molar-refractivity contribution in [3.8, 4) is 28.5 Å². The Bertz CT molecular complexity index is 965. The zero-order valence-corrected chi connectivity index (χ0v) is 19.5. The molecule has 9 heteroatoms. The van der Waals surface area contributed by atoms with E-state index >= 15 is 0 Å². The molecular weight excluding hydrogens is 464 g/mol. The van der Waals surface area contributed by atoms with E-state index in [1.54, 1.807) is 18.3 Å². The van der Waals surface area contributed by atoms with Crippen molar-refractivity contribution in [2.24, 2.45) is 0 Å². The first kappa shape index (κ1) is 22.8. The van der Waals surface area contributed by atoms with Crippen molar-refractivity contribution in [3.63, 3.8) is 0 Å². The average Bonchev–Trinajstić information content (AvgIpc) is 2.75. The second-order valence-corrected chi connectivity index (χ2v) is 9.58. The zero-order chi connectivity index (χ0) is 21.6. The van der Waals surface area contributed by atoms with Crippen LogP contribution in [0, 0.1) is 0 Å². The second-order valence-electron chi connectivity index (χ2n) is 7.63. The molecule has 0 saturated carbocycles. The van der Waals surface area contributed by atoms with Gasteiger partial charge in [-0.05, 0) is 24.3 Å². The van der Waals surface area contributed by atoms with Gasteiger partial charge in [0.05, 0.1) is 63.1 Å². The number of rotatable bonds is 3. The van der Waals surface area contributed by atoms with Crippen molar-refractivity contribution < 1.29 is 22.7 Å². The van der Waals surface area contributed by atoms with Crippen LogP contribution in [0.1, 0.15) is 0 Å². The van der Waals surface area contributed by atoms with E-state index in [2.05, 4.69) is 40.0 Å². The molecule has 0 aromatic carbocycles. The Balaban J connectivity index is 0.000000806. The van der Waals surface area contributed by atoms with E-state index in [9.17, 15) is 5.11 Å². The van der Waals surface area contributed by atoms with Gasteiger partial charge in [-0.3, -0.25) is 9.97 Å². The Morgan fingerprint density at radius 1 is 0.900 bits per heavy atom. The molecule has 1 aliphatic heterocycles. The predicted octanol–water partition coefficient (Wildman–Crippen LogP) is 4.18. The maximum atomic E-state index is 10.2. The summed E-state index contributed by atoms with van der Waals surface area (Å²) >= 11 is 0.00694. The van der Waals surface area contributed by atoms with Crippen molar-refractivity contribution >= 4 is 25.9 Å². The third-order valence-corrected chi connectivity index (χ3v) is 5.06. The third kappa shape index (κ3) is 6.06. The molecule has 1 fully saturated rings. The van der Waals surface area contributed by atoms with Crippen LogP contribution in [0.25, 0.3) is 22.8 Å². The SMILES string of the molecule is C[N+]1(C)CCN(c2ccnc(-c3cc(O)cc(-c4ccccn4)n3)c2)CC1.[Cl][Mn][Cl]. The van der Waals surface area contributed by atoms with Crippen LogP contribution in [-0.4, -0.2) is 64.8 Å². The second kappa shape index (κ2) is 10.4. The summed E-state index contributed by atoms with van der Waals surface area (Å²) in [6.45, 7) is 4.27. The summed E-state index contributed by atoms with van der Waals surface area (Å²) in [4.78, 5) is 15.9. The fraction of sp³-hybridized carbons (Fsp3) is 0.286. The minimum absolute atomic E-state index is 0.00694. The molecule has 30 heavy (non-hydrogen) atoms. The van der Waals surface area contributed by atoms with Gasteiger partial charge in [-0.15, -0.1) is 0 Å². The molecular formula is C21H24Cl2MnN5O+. The molecule has 0 radical (unpaired) electrons. The molecule has 1 aliphatic rings. The summed E-state index contributed by atoms with van der Waals surface area (Å²) in [7, 11) is 14.1. The molecule has 3 aromatic heterocycles. The number of quaternary nitrogens is 1. The van der Waals surface area contributed by atoms with Crippen molar-refractivity contribution in [2.45, 2.75) is 0 Å². The number of halogens is 2. The van der Waals surface area contributed by atoms with E-state index in [1.807, 2.05) is 30.5 Å². The minimum atomic E-state index is 0.00694. The molecule has 0 spiro atoms. The van der Waals surface area contributed by atoms with Gasteiger partial charge in [0, 0.05) is 30.2 Å². The summed E-state index contributed by atoms with van der Waals surface area (Å²) < 4.78 is 1.05. The molecule has 4 heterocycles. The summed E-state index contributed by atoms with van der Waals surface area (Å²) in [6.07, 6.45) is 3.53. The van der Waals surface area contributed by atoms with E-state index in [0.717, 1.165) is 47.7 Å². The van der Waals surface area contributed by atoms with Crippen LogP contribution in [0.2, 0.25) is 0 Å². The molecule has 0 bridgehead atoms. The number of hydrogen-bond acceptors (Lipinski definition) is 5. The first-order valence-electron chi connectivity index (χ1n) is 9.45. The van der Waals surface area contributed by atoms with Crippen molar-refractivity contribution in [1.82, 2.24) is 15.0 Å². The van der Waals surface area contributed by atoms with Gasteiger partial charge in [-0.1, -0.05) is 6.07 Å². The molecule has 6 nitrogen and oxygen atoms in total. The number of aromatic nitrogens is 3. The molecule has 4 rings (SSSR count). The van der Waals surface area contributed by atoms with Crippen LogP contribution in [0.4, 0.5) is 5.69 Å². The molecule has 3 aromatic rings. The Kier molecular flexibility index (Phi) is 7.92. The maximum absolute atomic E-state index is 10.2. The fourth-order valence-corrected chi connectivity index (χ4v) is 3.31. The van der Waals surface area contributed by atoms with E-state index in [-0.39, 0.29) is 18.9 Å². The van der Waals surface area contributed by atoms with Gasteiger partial charge in [0.25, 0.3) is 0 Å². The Labute approximate surface area is 191 Å². The first-order chi connectivity index (χ1) is 14.4. The first-order valence-corrected chi connectivity index (χ1v) is 12.7. The van der Waals surface area contributed by atoms with E-state index in [1.165, 1.54) is 0 Å². The summed E-state index contributed by atoms with van der Waals surface area (Å²) in [5.41, 5.74) is 3.89. The number of anilines is 1. The molecule has 0 unspecified atom stereocenters. The topological polar surface area (TPSA) is 62.1 Å². The van der Waals surface area contributed by atoms with Crippen LogP contribution in [0.5, 0.6) is 5.75 Å². The van der Waals surface area contributed by atoms with E-state index in [4.69, 9.17) is 20.2 Å².